The Kier molecular flexibility index (Phi) is 4.54. The smallest absolute Gasteiger partial charge is 0.233 e. The molecule has 2 aliphatic rings. The number of anilines is 1. The van der Waals surface area contributed by atoms with E-state index in [1.807, 2.05) is 0 Å². The first-order valence-corrected chi connectivity index (χ1v) is 7.04. The van der Waals surface area contributed by atoms with Crippen LogP contribution in [0.1, 0.15) is 32.1 Å². The fourth-order valence-electron chi connectivity index (χ4n) is 3.59. The minimum Gasteiger partial charge on any atom is -0.328 e. The van der Waals surface area contributed by atoms with E-state index < -0.39 is 17.0 Å². The van der Waals surface area contributed by atoms with Gasteiger partial charge in [-0.2, -0.15) is 0 Å². The van der Waals surface area contributed by atoms with Gasteiger partial charge in [0, 0.05) is 24.3 Å². The molecular formula is C15H19ClF2N2O. The van der Waals surface area contributed by atoms with E-state index in [4.69, 9.17) is 5.73 Å². The van der Waals surface area contributed by atoms with E-state index >= 15 is 0 Å². The van der Waals surface area contributed by atoms with Crippen molar-refractivity contribution >= 4 is 24.0 Å². The first-order chi connectivity index (χ1) is 9.50. The molecule has 1 aliphatic carbocycles. The minimum absolute atomic E-state index is 0. The Balaban J connectivity index is 0.00000161. The lowest BCUT2D eigenvalue weighted by Crippen LogP contribution is -2.42. The van der Waals surface area contributed by atoms with Crippen molar-refractivity contribution in [3.8, 4) is 0 Å². The first kappa shape index (κ1) is 16.2. The highest BCUT2D eigenvalue weighted by atomic mass is 35.5. The second-order valence-corrected chi connectivity index (χ2v) is 5.97. The molecule has 6 heteroatoms. The molecule has 1 saturated carbocycles. The van der Waals surface area contributed by atoms with Crippen LogP contribution in [0.25, 0.3) is 0 Å². The van der Waals surface area contributed by atoms with Crippen LogP contribution in [0.3, 0.4) is 0 Å². The molecule has 21 heavy (non-hydrogen) atoms. The Hall–Kier alpha value is -1.20. The van der Waals surface area contributed by atoms with Crippen molar-refractivity contribution in [1.82, 2.24) is 0 Å². The molecule has 116 valence electrons. The lowest BCUT2D eigenvalue weighted by molar-refractivity contribution is -0.127. The molecule has 1 aromatic carbocycles. The van der Waals surface area contributed by atoms with Crippen molar-refractivity contribution in [2.45, 2.75) is 38.1 Å². The third-order valence-electron chi connectivity index (χ3n) is 4.55. The summed E-state index contributed by atoms with van der Waals surface area (Å²) in [7, 11) is 0. The summed E-state index contributed by atoms with van der Waals surface area (Å²) >= 11 is 0. The number of hydrogen-bond acceptors (Lipinski definition) is 2. The van der Waals surface area contributed by atoms with Crippen molar-refractivity contribution < 1.29 is 13.6 Å². The van der Waals surface area contributed by atoms with E-state index in [2.05, 4.69) is 0 Å². The van der Waals surface area contributed by atoms with Crippen LogP contribution in [0.2, 0.25) is 0 Å². The summed E-state index contributed by atoms with van der Waals surface area (Å²) in [6, 6.07) is 3.29. The molecule has 0 bridgehead atoms. The fraction of sp³-hybridized carbons (Fsp3) is 0.533. The second-order valence-electron chi connectivity index (χ2n) is 5.97. The van der Waals surface area contributed by atoms with Crippen LogP contribution in [0.5, 0.6) is 0 Å². The zero-order chi connectivity index (χ0) is 14.3. The Bertz CT molecular complexity index is 534. The molecule has 1 amide bonds. The minimum atomic E-state index is -0.658. The van der Waals surface area contributed by atoms with Gasteiger partial charge < -0.3 is 10.6 Å². The number of carbonyl (C=O) groups excluding carboxylic acids is 1. The molecule has 1 aromatic rings. The monoisotopic (exact) mass is 316 g/mol. The topological polar surface area (TPSA) is 46.3 Å². The maximum Gasteiger partial charge on any atom is 0.233 e. The van der Waals surface area contributed by atoms with Crippen molar-refractivity contribution in [1.29, 1.82) is 0 Å². The van der Waals surface area contributed by atoms with Gasteiger partial charge in [0.25, 0.3) is 0 Å². The normalized spacial score (nSPS) is 28.8. The lowest BCUT2D eigenvalue weighted by atomic mass is 9.71. The molecule has 1 saturated heterocycles. The number of amides is 1. The van der Waals surface area contributed by atoms with Crippen molar-refractivity contribution in [3.05, 3.63) is 29.8 Å². The zero-order valence-corrected chi connectivity index (χ0v) is 12.5. The van der Waals surface area contributed by atoms with Gasteiger partial charge in [-0.15, -0.1) is 12.4 Å². The molecule has 1 aliphatic heterocycles. The summed E-state index contributed by atoms with van der Waals surface area (Å²) in [6.45, 7) is 0.508. The first-order valence-electron chi connectivity index (χ1n) is 7.04. The molecule has 2 N–H and O–H groups in total. The SMILES string of the molecule is Cl.NC1CCCC2(CCN(c3cc(F)cc(F)c3)C2=O)C1. The lowest BCUT2D eigenvalue weighted by Gasteiger charge is -2.35. The predicted octanol–water partition coefficient (Wildman–Crippen LogP) is 3.01. The highest BCUT2D eigenvalue weighted by Crippen LogP contribution is 2.45. The summed E-state index contributed by atoms with van der Waals surface area (Å²) in [5.41, 5.74) is 5.89. The quantitative estimate of drug-likeness (QED) is 0.865. The molecule has 3 rings (SSSR count). The number of rotatable bonds is 1. The Morgan fingerprint density at radius 3 is 2.48 bits per heavy atom. The van der Waals surface area contributed by atoms with Gasteiger partial charge in [-0.25, -0.2) is 8.78 Å². The van der Waals surface area contributed by atoms with Gasteiger partial charge in [0.1, 0.15) is 11.6 Å². The fourth-order valence-corrected chi connectivity index (χ4v) is 3.59. The largest absolute Gasteiger partial charge is 0.328 e. The number of nitrogens with zero attached hydrogens (tertiary/aromatic N) is 1. The number of nitrogens with two attached hydrogens (primary N) is 1. The average molecular weight is 317 g/mol. The summed E-state index contributed by atoms with van der Waals surface area (Å²) in [4.78, 5) is 14.2. The van der Waals surface area contributed by atoms with Gasteiger partial charge in [-0.05, 0) is 37.8 Å². The third kappa shape index (κ3) is 2.90. The zero-order valence-electron chi connectivity index (χ0n) is 11.6. The Morgan fingerprint density at radius 2 is 1.86 bits per heavy atom. The van der Waals surface area contributed by atoms with E-state index in [9.17, 15) is 13.6 Å². The van der Waals surface area contributed by atoms with E-state index in [0.29, 0.717) is 18.7 Å². The predicted molar refractivity (Wildman–Crippen MR) is 79.5 cm³/mol. The molecule has 0 aromatic heterocycles. The molecule has 1 heterocycles. The Morgan fingerprint density at radius 1 is 1.19 bits per heavy atom. The van der Waals surface area contributed by atoms with E-state index in [0.717, 1.165) is 31.7 Å². The highest BCUT2D eigenvalue weighted by molar-refractivity contribution is 6.00. The number of halogens is 3. The molecule has 2 fully saturated rings. The molecule has 3 nitrogen and oxygen atoms in total. The molecule has 2 unspecified atom stereocenters. The van der Waals surface area contributed by atoms with Crippen LogP contribution in [-0.4, -0.2) is 18.5 Å². The maximum atomic E-state index is 13.3. The van der Waals surface area contributed by atoms with E-state index in [-0.39, 0.29) is 24.4 Å². The van der Waals surface area contributed by atoms with Crippen LogP contribution in [-0.2, 0) is 4.79 Å². The summed E-state index contributed by atoms with van der Waals surface area (Å²) < 4.78 is 26.6. The standard InChI is InChI=1S/C15H18F2N2O.ClH/c16-10-6-11(17)8-13(7-10)19-5-4-15(14(19)20)3-1-2-12(18)9-15;/h6-8,12H,1-5,9,18H2;1H. The van der Waals surface area contributed by atoms with Crippen LogP contribution in [0, 0.1) is 17.0 Å². The van der Waals surface area contributed by atoms with Gasteiger partial charge in [-0.1, -0.05) is 6.42 Å². The van der Waals surface area contributed by atoms with E-state index in [1.54, 1.807) is 0 Å². The Labute approximate surface area is 128 Å². The highest BCUT2D eigenvalue weighted by Gasteiger charge is 2.48. The van der Waals surface area contributed by atoms with Gasteiger partial charge in [0.15, 0.2) is 0 Å². The van der Waals surface area contributed by atoms with Crippen LogP contribution in [0.15, 0.2) is 18.2 Å². The molecule has 1 spiro atoms. The molecule has 0 radical (unpaired) electrons. The van der Waals surface area contributed by atoms with Gasteiger partial charge in [0.05, 0.1) is 5.41 Å². The average Bonchev–Trinajstić information content (AvgIpc) is 2.66. The summed E-state index contributed by atoms with van der Waals surface area (Å²) in [5, 5.41) is 0. The van der Waals surface area contributed by atoms with Crippen LogP contribution in [0.4, 0.5) is 14.5 Å². The van der Waals surface area contributed by atoms with E-state index in [1.165, 1.54) is 17.0 Å². The number of benzene rings is 1. The summed E-state index contributed by atoms with van der Waals surface area (Å²) in [6.07, 6.45) is 4.12. The van der Waals surface area contributed by atoms with Crippen LogP contribution < -0.4 is 10.6 Å². The van der Waals surface area contributed by atoms with Gasteiger partial charge >= 0.3 is 0 Å². The molecule has 2 atom stereocenters. The third-order valence-corrected chi connectivity index (χ3v) is 4.55. The second kappa shape index (κ2) is 5.89. The van der Waals surface area contributed by atoms with Crippen LogP contribution >= 0.6 is 12.4 Å². The van der Waals surface area contributed by atoms with Crippen molar-refractivity contribution in [2.75, 3.05) is 11.4 Å². The number of hydrogen-bond donors (Lipinski definition) is 1. The molecular weight excluding hydrogens is 298 g/mol. The summed E-state index contributed by atoms with van der Waals surface area (Å²) in [5.74, 6) is -1.35. The number of carbonyl (C=O) groups is 1. The van der Waals surface area contributed by atoms with Gasteiger partial charge in [-0.3, -0.25) is 4.79 Å². The maximum absolute atomic E-state index is 13.3. The van der Waals surface area contributed by atoms with Crippen molar-refractivity contribution in [2.24, 2.45) is 11.1 Å². The van der Waals surface area contributed by atoms with Crippen molar-refractivity contribution in [3.63, 3.8) is 0 Å². The van der Waals surface area contributed by atoms with Gasteiger partial charge in [0.2, 0.25) is 5.91 Å².